The molecule has 0 N–H and O–H groups in total. The van der Waals surface area contributed by atoms with Crippen molar-refractivity contribution in [2.24, 2.45) is 0 Å². The fourth-order valence-corrected chi connectivity index (χ4v) is 1.32. The summed E-state index contributed by atoms with van der Waals surface area (Å²) < 4.78 is 5.62. The lowest BCUT2D eigenvalue weighted by Crippen LogP contribution is -1.95. The third-order valence-electron chi connectivity index (χ3n) is 2.08. The van der Waals surface area contributed by atoms with Crippen LogP contribution in [0, 0.1) is 6.92 Å². The van der Waals surface area contributed by atoms with Crippen LogP contribution in [-0.4, -0.2) is 4.98 Å². The van der Waals surface area contributed by atoms with E-state index in [-0.39, 0.29) is 0 Å². The number of allylic oxidation sites excluding steroid dienone is 3. The largest absolute Gasteiger partial charge is 0.456 e. The second-order valence-corrected chi connectivity index (χ2v) is 3.32. The van der Waals surface area contributed by atoms with Gasteiger partial charge in [0.15, 0.2) is 0 Å². The van der Waals surface area contributed by atoms with Gasteiger partial charge in [-0.15, -0.1) is 0 Å². The summed E-state index contributed by atoms with van der Waals surface area (Å²) in [5.74, 6) is 1.72. The average molecular weight is 187 g/mol. The summed E-state index contributed by atoms with van der Waals surface area (Å²) in [6, 6.07) is 3.88. The zero-order chi connectivity index (χ0) is 9.80. The molecule has 2 nitrogen and oxygen atoms in total. The SMILES string of the molecule is Cc1ccc(OC2=CCCC=C2)cn1. The Kier molecular flexibility index (Phi) is 2.63. The van der Waals surface area contributed by atoms with Crippen LogP contribution in [0.4, 0.5) is 0 Å². The average Bonchev–Trinajstić information content (AvgIpc) is 2.23. The Bertz CT molecular complexity index is 362. The van der Waals surface area contributed by atoms with Gasteiger partial charge < -0.3 is 4.74 Å². The predicted molar refractivity (Wildman–Crippen MR) is 56.1 cm³/mol. The molecule has 0 radical (unpaired) electrons. The molecule has 0 atom stereocenters. The first-order valence-electron chi connectivity index (χ1n) is 4.82. The first-order chi connectivity index (χ1) is 6.84. The Morgan fingerprint density at radius 1 is 1.29 bits per heavy atom. The van der Waals surface area contributed by atoms with Crippen LogP contribution in [0.5, 0.6) is 5.75 Å². The maximum Gasteiger partial charge on any atom is 0.145 e. The number of nitrogens with zero attached hydrogens (tertiary/aromatic N) is 1. The molecule has 0 bridgehead atoms. The van der Waals surface area contributed by atoms with E-state index < -0.39 is 0 Å². The van der Waals surface area contributed by atoms with Crippen LogP contribution in [0.3, 0.4) is 0 Å². The highest BCUT2D eigenvalue weighted by atomic mass is 16.5. The Morgan fingerprint density at radius 2 is 2.21 bits per heavy atom. The molecular formula is C12H13NO. The van der Waals surface area contributed by atoms with Gasteiger partial charge in [-0.25, -0.2) is 0 Å². The summed E-state index contributed by atoms with van der Waals surface area (Å²) in [4.78, 5) is 4.17. The van der Waals surface area contributed by atoms with Gasteiger partial charge in [0.1, 0.15) is 11.5 Å². The Morgan fingerprint density at radius 3 is 2.86 bits per heavy atom. The van der Waals surface area contributed by atoms with Gasteiger partial charge in [-0.1, -0.05) is 6.08 Å². The number of aryl methyl sites for hydroxylation is 1. The minimum atomic E-state index is 0.799. The number of pyridine rings is 1. The maximum absolute atomic E-state index is 5.62. The van der Waals surface area contributed by atoms with Crippen molar-refractivity contribution >= 4 is 0 Å². The summed E-state index contributed by atoms with van der Waals surface area (Å²) in [5, 5.41) is 0. The molecule has 0 aromatic carbocycles. The molecule has 1 aliphatic carbocycles. The van der Waals surface area contributed by atoms with Crippen LogP contribution in [0.1, 0.15) is 18.5 Å². The molecule has 0 saturated carbocycles. The lowest BCUT2D eigenvalue weighted by molar-refractivity contribution is 0.437. The molecule has 14 heavy (non-hydrogen) atoms. The summed E-state index contributed by atoms with van der Waals surface area (Å²) in [6.07, 6.45) is 10.1. The number of hydrogen-bond acceptors (Lipinski definition) is 2. The topological polar surface area (TPSA) is 22.1 Å². The van der Waals surface area contributed by atoms with E-state index in [4.69, 9.17) is 4.74 Å². The van der Waals surface area contributed by atoms with Crippen LogP contribution in [-0.2, 0) is 0 Å². The van der Waals surface area contributed by atoms with Crippen LogP contribution in [0.25, 0.3) is 0 Å². The summed E-state index contributed by atoms with van der Waals surface area (Å²) in [6.45, 7) is 1.96. The van der Waals surface area contributed by atoms with E-state index in [1.807, 2.05) is 25.1 Å². The Balaban J connectivity index is 2.07. The van der Waals surface area contributed by atoms with E-state index in [2.05, 4.69) is 17.1 Å². The highest BCUT2D eigenvalue weighted by molar-refractivity contribution is 5.26. The molecule has 1 aromatic heterocycles. The molecule has 0 unspecified atom stereocenters. The summed E-state index contributed by atoms with van der Waals surface area (Å²) in [5.41, 5.74) is 1.01. The molecule has 2 heteroatoms. The number of hydrogen-bond donors (Lipinski definition) is 0. The third kappa shape index (κ3) is 2.22. The standard InChI is InChI=1S/C12H13NO/c1-10-7-8-12(9-13-10)14-11-5-3-2-4-6-11/h3,5-9H,2,4H2,1H3. The van der Waals surface area contributed by atoms with Crippen molar-refractivity contribution in [1.29, 1.82) is 0 Å². The van der Waals surface area contributed by atoms with E-state index in [0.29, 0.717) is 0 Å². The highest BCUT2D eigenvalue weighted by Gasteiger charge is 2.00. The molecule has 0 saturated heterocycles. The third-order valence-corrected chi connectivity index (χ3v) is 2.08. The van der Waals surface area contributed by atoms with Crippen molar-refractivity contribution in [3.05, 3.63) is 48.0 Å². The van der Waals surface area contributed by atoms with Gasteiger partial charge in [0.25, 0.3) is 0 Å². The van der Waals surface area contributed by atoms with Gasteiger partial charge in [0, 0.05) is 5.69 Å². The van der Waals surface area contributed by atoms with Crippen molar-refractivity contribution in [2.45, 2.75) is 19.8 Å². The second-order valence-electron chi connectivity index (χ2n) is 3.32. The summed E-state index contributed by atoms with van der Waals surface area (Å²) >= 11 is 0. The van der Waals surface area contributed by atoms with Crippen LogP contribution >= 0.6 is 0 Å². The maximum atomic E-state index is 5.62. The van der Waals surface area contributed by atoms with Crippen LogP contribution in [0.15, 0.2) is 42.3 Å². The highest BCUT2D eigenvalue weighted by Crippen LogP contribution is 2.16. The van der Waals surface area contributed by atoms with E-state index in [1.165, 1.54) is 0 Å². The van der Waals surface area contributed by atoms with Crippen molar-refractivity contribution in [2.75, 3.05) is 0 Å². The van der Waals surface area contributed by atoms with E-state index in [1.54, 1.807) is 6.20 Å². The predicted octanol–water partition coefficient (Wildman–Crippen LogP) is 3.00. The fourth-order valence-electron chi connectivity index (χ4n) is 1.32. The molecule has 1 aliphatic rings. The monoisotopic (exact) mass is 187 g/mol. The number of ether oxygens (including phenoxy) is 1. The number of aromatic nitrogens is 1. The van der Waals surface area contributed by atoms with E-state index in [9.17, 15) is 0 Å². The molecule has 0 aliphatic heterocycles. The molecular weight excluding hydrogens is 174 g/mol. The first kappa shape index (κ1) is 9.00. The minimum absolute atomic E-state index is 0.799. The normalized spacial score (nSPS) is 15.1. The van der Waals surface area contributed by atoms with Gasteiger partial charge in [-0.05, 0) is 44.1 Å². The van der Waals surface area contributed by atoms with Crippen molar-refractivity contribution in [3.63, 3.8) is 0 Å². The Hall–Kier alpha value is -1.57. The van der Waals surface area contributed by atoms with Crippen LogP contribution < -0.4 is 4.74 Å². The first-order valence-corrected chi connectivity index (χ1v) is 4.82. The summed E-state index contributed by atoms with van der Waals surface area (Å²) in [7, 11) is 0. The molecule has 1 heterocycles. The van der Waals surface area contributed by atoms with Crippen molar-refractivity contribution < 1.29 is 4.74 Å². The molecule has 1 aromatic rings. The minimum Gasteiger partial charge on any atom is -0.456 e. The molecule has 0 spiro atoms. The van der Waals surface area contributed by atoms with E-state index in [0.717, 1.165) is 30.0 Å². The van der Waals surface area contributed by atoms with Crippen molar-refractivity contribution in [1.82, 2.24) is 4.98 Å². The molecule has 0 fully saturated rings. The number of rotatable bonds is 2. The van der Waals surface area contributed by atoms with Gasteiger partial charge >= 0.3 is 0 Å². The molecule has 72 valence electrons. The lowest BCUT2D eigenvalue weighted by atomic mass is 10.2. The second kappa shape index (κ2) is 4.09. The zero-order valence-electron chi connectivity index (χ0n) is 8.23. The fraction of sp³-hybridized carbons (Fsp3) is 0.250. The quantitative estimate of drug-likeness (QED) is 0.710. The molecule has 2 rings (SSSR count). The lowest BCUT2D eigenvalue weighted by Gasteiger charge is -2.08. The zero-order valence-corrected chi connectivity index (χ0v) is 8.23. The van der Waals surface area contributed by atoms with Gasteiger partial charge in [0.05, 0.1) is 6.20 Å². The molecule has 0 amide bonds. The van der Waals surface area contributed by atoms with E-state index >= 15 is 0 Å². The van der Waals surface area contributed by atoms with Crippen LogP contribution in [0.2, 0.25) is 0 Å². The van der Waals surface area contributed by atoms with Gasteiger partial charge in [-0.2, -0.15) is 0 Å². The van der Waals surface area contributed by atoms with Gasteiger partial charge in [-0.3, -0.25) is 4.98 Å². The Labute approximate surface area is 83.9 Å². The smallest absolute Gasteiger partial charge is 0.145 e. The van der Waals surface area contributed by atoms with Gasteiger partial charge in [0.2, 0.25) is 0 Å². The van der Waals surface area contributed by atoms with Crippen molar-refractivity contribution in [3.8, 4) is 5.75 Å².